The van der Waals surface area contributed by atoms with E-state index in [2.05, 4.69) is 0 Å². The van der Waals surface area contributed by atoms with E-state index in [0.29, 0.717) is 0 Å². The van der Waals surface area contributed by atoms with Gasteiger partial charge in [0.05, 0.1) is 0 Å². The number of benzene rings is 2. The lowest BCUT2D eigenvalue weighted by Crippen LogP contribution is -1.98. The second-order valence-electron chi connectivity index (χ2n) is 4.62. The Balaban J connectivity index is 2.17. The highest BCUT2D eigenvalue weighted by Crippen LogP contribution is 2.38. The Morgan fingerprint density at radius 2 is 1.00 bits per heavy atom. The Morgan fingerprint density at radius 1 is 0.667 bits per heavy atom. The van der Waals surface area contributed by atoms with Gasteiger partial charge in [0.15, 0.2) is 0 Å². The minimum atomic E-state index is -1.10. The highest BCUT2D eigenvalue weighted by atomic mass is 33.1. The zero-order valence-corrected chi connectivity index (χ0v) is 14.1. The van der Waals surface area contributed by atoms with Gasteiger partial charge in [-0.15, -0.1) is 0 Å². The van der Waals surface area contributed by atoms with E-state index in [9.17, 15) is 19.8 Å². The molecule has 0 spiro atoms. The molecule has 24 heavy (non-hydrogen) atoms. The first-order valence-electron chi connectivity index (χ1n) is 6.91. The van der Waals surface area contributed by atoms with Crippen molar-refractivity contribution in [2.45, 2.75) is 0 Å². The molecule has 0 amide bonds. The molecule has 0 heterocycles. The molecular formula is C18H14O4S2. The summed E-state index contributed by atoms with van der Waals surface area (Å²) < 4.78 is 0. The van der Waals surface area contributed by atoms with Gasteiger partial charge in [-0.1, -0.05) is 60.7 Å². The van der Waals surface area contributed by atoms with Crippen LogP contribution < -0.4 is 0 Å². The third-order valence-electron chi connectivity index (χ3n) is 2.84. The van der Waals surface area contributed by atoms with E-state index in [1.165, 1.54) is 12.2 Å². The first-order valence-corrected chi connectivity index (χ1v) is 9.06. The van der Waals surface area contributed by atoms with Crippen LogP contribution in [0.4, 0.5) is 0 Å². The van der Waals surface area contributed by atoms with E-state index in [-0.39, 0.29) is 9.81 Å². The SMILES string of the molecule is O=C(O)C(=Cc1ccccc1)SSC(=Cc1ccccc1)C(=O)O. The average molecular weight is 358 g/mol. The maximum atomic E-state index is 11.4. The molecule has 0 aliphatic rings. The minimum absolute atomic E-state index is 0.0615. The molecule has 0 saturated heterocycles. The Hall–Kier alpha value is -2.44. The summed E-state index contributed by atoms with van der Waals surface area (Å²) in [6.07, 6.45) is 3.03. The maximum Gasteiger partial charge on any atom is 0.343 e. The van der Waals surface area contributed by atoms with Gasteiger partial charge in [0.2, 0.25) is 0 Å². The molecule has 122 valence electrons. The molecule has 2 aromatic rings. The molecule has 0 aliphatic carbocycles. The van der Waals surface area contributed by atoms with Crippen molar-refractivity contribution < 1.29 is 19.8 Å². The van der Waals surface area contributed by atoms with Crippen molar-refractivity contribution in [3.8, 4) is 0 Å². The van der Waals surface area contributed by atoms with Crippen LogP contribution in [0.5, 0.6) is 0 Å². The van der Waals surface area contributed by atoms with E-state index in [1.807, 2.05) is 12.1 Å². The molecule has 2 N–H and O–H groups in total. The van der Waals surface area contributed by atoms with Crippen LogP contribution in [0.2, 0.25) is 0 Å². The van der Waals surface area contributed by atoms with E-state index in [0.717, 1.165) is 32.7 Å². The van der Waals surface area contributed by atoms with Crippen LogP contribution in [0.3, 0.4) is 0 Å². The lowest BCUT2D eigenvalue weighted by molar-refractivity contribution is -0.132. The standard InChI is InChI=1S/C18H14O4S2/c19-17(20)15(11-13-7-3-1-4-8-13)23-24-16(18(21)22)12-14-9-5-2-6-10-14/h1-12H,(H,19,20)(H,21,22). The summed E-state index contributed by atoms with van der Waals surface area (Å²) in [6.45, 7) is 0. The fraction of sp³-hybridized carbons (Fsp3) is 0. The topological polar surface area (TPSA) is 74.6 Å². The van der Waals surface area contributed by atoms with E-state index in [1.54, 1.807) is 48.5 Å². The molecular weight excluding hydrogens is 344 g/mol. The normalized spacial score (nSPS) is 12.0. The monoisotopic (exact) mass is 358 g/mol. The predicted molar refractivity (Wildman–Crippen MR) is 99.3 cm³/mol. The van der Waals surface area contributed by atoms with Gasteiger partial charge in [0, 0.05) is 0 Å². The molecule has 0 radical (unpaired) electrons. The molecule has 0 bridgehead atoms. The van der Waals surface area contributed by atoms with Gasteiger partial charge in [-0.3, -0.25) is 0 Å². The molecule has 0 saturated carbocycles. The third kappa shape index (κ3) is 5.64. The van der Waals surface area contributed by atoms with Crippen LogP contribution >= 0.6 is 21.6 Å². The second-order valence-corrected chi connectivity index (χ2v) is 6.83. The zero-order chi connectivity index (χ0) is 17.4. The molecule has 0 aliphatic heterocycles. The summed E-state index contributed by atoms with van der Waals surface area (Å²) in [7, 11) is 1.82. The largest absolute Gasteiger partial charge is 0.477 e. The summed E-state index contributed by atoms with van der Waals surface area (Å²) in [5, 5.41) is 18.6. The Bertz CT molecular complexity index is 701. The molecule has 0 fully saturated rings. The summed E-state index contributed by atoms with van der Waals surface area (Å²) in [5.74, 6) is -2.19. The second kappa shape index (κ2) is 9.00. The van der Waals surface area contributed by atoms with Crippen LogP contribution in [0, 0.1) is 0 Å². The van der Waals surface area contributed by atoms with Crippen molar-refractivity contribution in [2.24, 2.45) is 0 Å². The van der Waals surface area contributed by atoms with Gasteiger partial charge in [-0.25, -0.2) is 9.59 Å². The van der Waals surface area contributed by atoms with Crippen LogP contribution in [-0.2, 0) is 9.59 Å². The van der Waals surface area contributed by atoms with E-state index >= 15 is 0 Å². The fourth-order valence-electron chi connectivity index (χ4n) is 1.73. The predicted octanol–water partition coefficient (Wildman–Crippen LogP) is 4.62. The molecule has 2 aromatic carbocycles. The van der Waals surface area contributed by atoms with Crippen LogP contribution in [-0.4, -0.2) is 22.2 Å². The fourth-order valence-corrected chi connectivity index (χ4v) is 3.68. The van der Waals surface area contributed by atoms with Gasteiger partial charge in [0.1, 0.15) is 9.81 Å². The van der Waals surface area contributed by atoms with Crippen molar-refractivity contribution in [2.75, 3.05) is 0 Å². The van der Waals surface area contributed by atoms with Crippen molar-refractivity contribution in [1.29, 1.82) is 0 Å². The number of carboxylic acids is 2. The number of hydrogen-bond acceptors (Lipinski definition) is 4. The van der Waals surface area contributed by atoms with Gasteiger partial charge in [-0.2, -0.15) is 0 Å². The number of hydrogen-bond donors (Lipinski definition) is 2. The van der Waals surface area contributed by atoms with E-state index in [4.69, 9.17) is 0 Å². The molecule has 0 aromatic heterocycles. The van der Waals surface area contributed by atoms with Crippen molar-refractivity contribution >= 4 is 45.7 Å². The molecule has 0 atom stereocenters. The van der Waals surface area contributed by atoms with Crippen molar-refractivity contribution in [1.82, 2.24) is 0 Å². The quantitative estimate of drug-likeness (QED) is 0.556. The molecule has 6 heteroatoms. The van der Waals surface area contributed by atoms with Crippen molar-refractivity contribution in [3.63, 3.8) is 0 Å². The first-order chi connectivity index (χ1) is 11.6. The molecule has 4 nitrogen and oxygen atoms in total. The summed E-state index contributed by atoms with van der Waals surface area (Å²) in [6, 6.07) is 18.0. The minimum Gasteiger partial charge on any atom is -0.477 e. The lowest BCUT2D eigenvalue weighted by atomic mass is 10.2. The number of carboxylic acid groups (broad SMARTS) is 2. The number of carbonyl (C=O) groups is 2. The van der Waals surface area contributed by atoms with Crippen LogP contribution in [0.25, 0.3) is 12.2 Å². The third-order valence-corrected chi connectivity index (χ3v) is 5.19. The Labute approximate surface area is 147 Å². The molecule has 0 unspecified atom stereocenters. The Morgan fingerprint density at radius 3 is 1.29 bits per heavy atom. The lowest BCUT2D eigenvalue weighted by Gasteiger charge is -2.04. The van der Waals surface area contributed by atoms with Gasteiger partial charge in [-0.05, 0) is 44.9 Å². The van der Waals surface area contributed by atoms with Gasteiger partial charge in [0.25, 0.3) is 0 Å². The maximum absolute atomic E-state index is 11.4. The van der Waals surface area contributed by atoms with Gasteiger partial charge >= 0.3 is 11.9 Å². The zero-order valence-electron chi connectivity index (χ0n) is 12.5. The summed E-state index contributed by atoms with van der Waals surface area (Å²) in [4.78, 5) is 22.9. The smallest absolute Gasteiger partial charge is 0.343 e. The highest BCUT2D eigenvalue weighted by Gasteiger charge is 2.14. The average Bonchev–Trinajstić information content (AvgIpc) is 2.58. The summed E-state index contributed by atoms with van der Waals surface area (Å²) >= 11 is 0. The number of aliphatic carboxylic acids is 2. The molecule has 2 rings (SSSR count). The van der Waals surface area contributed by atoms with E-state index < -0.39 is 11.9 Å². The Kier molecular flexibility index (Phi) is 6.72. The van der Waals surface area contributed by atoms with Crippen molar-refractivity contribution in [3.05, 3.63) is 81.6 Å². The summed E-state index contributed by atoms with van der Waals surface area (Å²) in [5.41, 5.74) is 1.49. The highest BCUT2D eigenvalue weighted by molar-refractivity contribution is 8.80. The van der Waals surface area contributed by atoms with Crippen LogP contribution in [0.1, 0.15) is 11.1 Å². The van der Waals surface area contributed by atoms with Crippen LogP contribution in [0.15, 0.2) is 70.5 Å². The van der Waals surface area contributed by atoms with Gasteiger partial charge < -0.3 is 10.2 Å². The first kappa shape index (κ1) is 17.9. The number of rotatable bonds is 7.